The fraction of sp³-hybridized carbons (Fsp3) is 0.417. The molecule has 2 rings (SSSR count). The van der Waals surface area contributed by atoms with Gasteiger partial charge in [0.25, 0.3) is 0 Å². The first-order valence-corrected chi connectivity index (χ1v) is 5.22. The molecule has 0 N–H and O–H groups in total. The monoisotopic (exact) mass is 244 g/mol. The van der Waals surface area contributed by atoms with Crippen LogP contribution in [0.2, 0.25) is 0 Å². The van der Waals surface area contributed by atoms with Gasteiger partial charge in [-0.1, -0.05) is 6.07 Å². The molecule has 1 unspecified atom stereocenters. The van der Waals surface area contributed by atoms with E-state index in [1.807, 2.05) is 0 Å². The molecule has 0 aromatic heterocycles. The number of hydrogen-bond acceptors (Lipinski definition) is 2. The van der Waals surface area contributed by atoms with Crippen LogP contribution in [0, 0.1) is 0 Å². The zero-order valence-corrected chi connectivity index (χ0v) is 9.17. The second kappa shape index (κ2) is 4.05. The molecule has 1 aromatic rings. The minimum absolute atomic E-state index is 0.0288. The zero-order chi connectivity index (χ0) is 12.6. The van der Waals surface area contributed by atoms with E-state index in [1.165, 1.54) is 13.0 Å². The molecule has 92 valence electrons. The van der Waals surface area contributed by atoms with Crippen LogP contribution in [-0.4, -0.2) is 11.9 Å². The highest BCUT2D eigenvalue weighted by Gasteiger charge is 2.33. The van der Waals surface area contributed by atoms with Crippen molar-refractivity contribution in [3.05, 3.63) is 29.3 Å². The third-order valence-electron chi connectivity index (χ3n) is 2.65. The van der Waals surface area contributed by atoms with Gasteiger partial charge in [0.2, 0.25) is 0 Å². The molecule has 1 heterocycles. The molecule has 0 radical (unpaired) electrons. The number of carbonyl (C=O) groups is 1. The van der Waals surface area contributed by atoms with Crippen molar-refractivity contribution in [2.24, 2.45) is 0 Å². The average molecular weight is 244 g/mol. The van der Waals surface area contributed by atoms with Gasteiger partial charge in [0.05, 0.1) is 5.56 Å². The third kappa shape index (κ3) is 2.60. The molecule has 1 atom stereocenters. The third-order valence-corrected chi connectivity index (χ3v) is 2.65. The fourth-order valence-electron chi connectivity index (χ4n) is 1.91. The molecular formula is C12H11F3O2. The summed E-state index contributed by atoms with van der Waals surface area (Å²) in [4.78, 5) is 10.9. The van der Waals surface area contributed by atoms with Crippen LogP contribution in [0.1, 0.15) is 24.5 Å². The minimum Gasteiger partial charge on any atom is -0.489 e. The number of rotatable bonds is 2. The predicted octanol–water partition coefficient (Wildman–Crippen LogP) is 2.99. The molecule has 0 spiro atoms. The van der Waals surface area contributed by atoms with E-state index < -0.39 is 11.7 Å². The van der Waals surface area contributed by atoms with Gasteiger partial charge in [-0.25, -0.2) is 0 Å². The molecule has 0 aliphatic carbocycles. The normalized spacial score (nSPS) is 18.7. The van der Waals surface area contributed by atoms with Crippen LogP contribution >= 0.6 is 0 Å². The summed E-state index contributed by atoms with van der Waals surface area (Å²) in [5.74, 6) is 0.213. The number of halogens is 3. The van der Waals surface area contributed by atoms with E-state index in [1.54, 1.807) is 0 Å². The lowest BCUT2D eigenvalue weighted by Crippen LogP contribution is -2.16. The first-order valence-electron chi connectivity index (χ1n) is 5.22. The van der Waals surface area contributed by atoms with Crippen LogP contribution in [-0.2, 0) is 17.4 Å². The Balaban J connectivity index is 2.19. The van der Waals surface area contributed by atoms with Gasteiger partial charge >= 0.3 is 6.18 Å². The zero-order valence-electron chi connectivity index (χ0n) is 9.17. The van der Waals surface area contributed by atoms with Gasteiger partial charge in [-0.3, -0.25) is 4.79 Å². The number of ketones is 1. The van der Waals surface area contributed by atoms with E-state index in [-0.39, 0.29) is 24.1 Å². The number of ether oxygens (including phenoxy) is 1. The SMILES string of the molecule is CC(=O)CC1Cc2ccc(C(F)(F)F)cc2O1. The highest BCUT2D eigenvalue weighted by molar-refractivity contribution is 5.76. The molecule has 0 bridgehead atoms. The minimum atomic E-state index is -4.36. The molecule has 17 heavy (non-hydrogen) atoms. The molecular weight excluding hydrogens is 233 g/mol. The maximum Gasteiger partial charge on any atom is 0.416 e. The van der Waals surface area contributed by atoms with E-state index in [9.17, 15) is 18.0 Å². The summed E-state index contributed by atoms with van der Waals surface area (Å²) in [6.07, 6.45) is -3.97. The maximum atomic E-state index is 12.5. The smallest absolute Gasteiger partial charge is 0.416 e. The van der Waals surface area contributed by atoms with Crippen molar-refractivity contribution in [3.63, 3.8) is 0 Å². The molecule has 0 saturated heterocycles. The molecule has 1 aromatic carbocycles. The van der Waals surface area contributed by atoms with Gasteiger partial charge in [-0.2, -0.15) is 13.2 Å². The summed E-state index contributed by atoms with van der Waals surface area (Å²) in [5, 5.41) is 0. The quantitative estimate of drug-likeness (QED) is 0.799. The second-order valence-electron chi connectivity index (χ2n) is 4.17. The average Bonchev–Trinajstić information content (AvgIpc) is 2.55. The summed E-state index contributed by atoms with van der Waals surface area (Å²) in [5.41, 5.74) is 0.00368. The molecule has 2 nitrogen and oxygen atoms in total. The topological polar surface area (TPSA) is 26.3 Å². The highest BCUT2D eigenvalue weighted by atomic mass is 19.4. The number of alkyl halides is 3. The summed E-state index contributed by atoms with van der Waals surface area (Å²) in [6, 6.07) is 3.45. The summed E-state index contributed by atoms with van der Waals surface area (Å²) < 4.78 is 42.7. The summed E-state index contributed by atoms with van der Waals surface area (Å²) in [7, 11) is 0. The first kappa shape index (κ1) is 12.0. The Morgan fingerprint density at radius 2 is 2.18 bits per heavy atom. The van der Waals surface area contributed by atoms with Crippen molar-refractivity contribution < 1.29 is 22.7 Å². The Morgan fingerprint density at radius 1 is 1.47 bits per heavy atom. The standard InChI is InChI=1S/C12H11F3O2/c1-7(16)4-10-5-8-2-3-9(12(13,14)15)6-11(8)17-10/h2-3,6,10H,4-5H2,1H3. The van der Waals surface area contributed by atoms with Gasteiger partial charge < -0.3 is 4.74 Å². The molecule has 1 aliphatic heterocycles. The number of Topliss-reactive ketones (excluding diaryl/α,β-unsaturated/α-hetero) is 1. The highest BCUT2D eigenvalue weighted by Crippen LogP contribution is 2.36. The summed E-state index contributed by atoms with van der Waals surface area (Å²) >= 11 is 0. The Bertz CT molecular complexity index is 452. The van der Waals surface area contributed by atoms with Crippen molar-refractivity contribution in [2.75, 3.05) is 0 Å². The van der Waals surface area contributed by atoms with Crippen molar-refractivity contribution in [1.29, 1.82) is 0 Å². The molecule has 0 saturated carbocycles. The van der Waals surface area contributed by atoms with E-state index in [2.05, 4.69) is 0 Å². The Labute approximate surface area is 96.4 Å². The van der Waals surface area contributed by atoms with Crippen LogP contribution < -0.4 is 4.74 Å². The fourth-order valence-corrected chi connectivity index (χ4v) is 1.91. The van der Waals surface area contributed by atoms with Crippen molar-refractivity contribution in [2.45, 2.75) is 32.0 Å². The Kier molecular flexibility index (Phi) is 2.85. The Hall–Kier alpha value is -1.52. The van der Waals surface area contributed by atoms with Crippen molar-refractivity contribution in [3.8, 4) is 5.75 Å². The lowest BCUT2D eigenvalue weighted by Gasteiger charge is -2.09. The number of fused-ring (bicyclic) bond motifs is 1. The van der Waals surface area contributed by atoms with Crippen molar-refractivity contribution >= 4 is 5.78 Å². The largest absolute Gasteiger partial charge is 0.489 e. The predicted molar refractivity (Wildman–Crippen MR) is 54.9 cm³/mol. The van der Waals surface area contributed by atoms with Gasteiger partial charge in [-0.15, -0.1) is 0 Å². The summed E-state index contributed by atoms with van der Waals surface area (Å²) in [6.45, 7) is 1.44. The van der Waals surface area contributed by atoms with Gasteiger partial charge in [-0.05, 0) is 24.6 Å². The van der Waals surface area contributed by atoms with E-state index in [0.29, 0.717) is 6.42 Å². The van der Waals surface area contributed by atoms with Crippen LogP contribution in [0.25, 0.3) is 0 Å². The van der Waals surface area contributed by atoms with E-state index in [4.69, 9.17) is 4.74 Å². The number of carbonyl (C=O) groups excluding carboxylic acids is 1. The van der Waals surface area contributed by atoms with Gasteiger partial charge in [0.15, 0.2) is 0 Å². The molecule has 0 amide bonds. The van der Waals surface area contributed by atoms with Gasteiger partial charge in [0, 0.05) is 12.8 Å². The lowest BCUT2D eigenvalue weighted by molar-refractivity contribution is -0.137. The van der Waals surface area contributed by atoms with Crippen LogP contribution in [0.3, 0.4) is 0 Å². The first-order chi connectivity index (χ1) is 7.86. The number of benzene rings is 1. The molecule has 5 heteroatoms. The maximum absolute atomic E-state index is 12.5. The van der Waals surface area contributed by atoms with Gasteiger partial charge in [0.1, 0.15) is 17.6 Å². The van der Waals surface area contributed by atoms with Crippen LogP contribution in [0.15, 0.2) is 18.2 Å². The Morgan fingerprint density at radius 3 is 2.76 bits per heavy atom. The lowest BCUT2D eigenvalue weighted by atomic mass is 10.0. The van der Waals surface area contributed by atoms with E-state index >= 15 is 0 Å². The van der Waals surface area contributed by atoms with Crippen molar-refractivity contribution in [1.82, 2.24) is 0 Å². The number of hydrogen-bond donors (Lipinski definition) is 0. The van der Waals surface area contributed by atoms with Crippen LogP contribution in [0.5, 0.6) is 5.75 Å². The molecule has 0 fully saturated rings. The second-order valence-corrected chi connectivity index (χ2v) is 4.17. The van der Waals surface area contributed by atoms with Crippen LogP contribution in [0.4, 0.5) is 13.2 Å². The molecule has 1 aliphatic rings. The van der Waals surface area contributed by atoms with E-state index in [0.717, 1.165) is 17.7 Å².